The summed E-state index contributed by atoms with van der Waals surface area (Å²) in [6.07, 6.45) is 8.25. The molecule has 1 saturated carbocycles. The summed E-state index contributed by atoms with van der Waals surface area (Å²) in [5, 5.41) is 5.74. The van der Waals surface area contributed by atoms with E-state index in [1.54, 1.807) is 7.05 Å². The standard InChI is InChI=1S/C11H22N2O/c1-12-11(14)9-13-8-4-7-10-5-2-3-6-10/h10,13H,2-9H2,1H3,(H,12,14). The topological polar surface area (TPSA) is 41.1 Å². The smallest absolute Gasteiger partial charge is 0.233 e. The Morgan fingerprint density at radius 3 is 2.71 bits per heavy atom. The van der Waals surface area contributed by atoms with Crippen molar-refractivity contribution in [2.24, 2.45) is 5.92 Å². The van der Waals surface area contributed by atoms with E-state index in [1.165, 1.54) is 38.5 Å². The van der Waals surface area contributed by atoms with Gasteiger partial charge in [-0.25, -0.2) is 0 Å². The molecule has 1 amide bonds. The third kappa shape index (κ3) is 4.61. The highest BCUT2D eigenvalue weighted by Gasteiger charge is 2.13. The molecule has 1 aliphatic carbocycles. The Morgan fingerprint density at radius 1 is 1.36 bits per heavy atom. The van der Waals surface area contributed by atoms with Gasteiger partial charge in [-0.2, -0.15) is 0 Å². The predicted molar refractivity (Wildman–Crippen MR) is 58.1 cm³/mol. The van der Waals surface area contributed by atoms with Gasteiger partial charge >= 0.3 is 0 Å². The lowest BCUT2D eigenvalue weighted by Gasteiger charge is -2.08. The Labute approximate surface area is 86.6 Å². The molecule has 3 nitrogen and oxygen atoms in total. The van der Waals surface area contributed by atoms with E-state index < -0.39 is 0 Å². The van der Waals surface area contributed by atoms with Gasteiger partial charge in [0.05, 0.1) is 6.54 Å². The lowest BCUT2D eigenvalue weighted by molar-refractivity contribution is -0.119. The third-order valence-corrected chi connectivity index (χ3v) is 3.01. The van der Waals surface area contributed by atoms with Gasteiger partial charge in [-0.1, -0.05) is 25.7 Å². The summed E-state index contributed by atoms with van der Waals surface area (Å²) in [5.74, 6) is 1.04. The second-order valence-electron chi connectivity index (χ2n) is 4.14. The molecule has 3 heteroatoms. The first-order valence-electron chi connectivity index (χ1n) is 5.74. The average molecular weight is 198 g/mol. The molecule has 0 aromatic carbocycles. The molecule has 0 saturated heterocycles. The Hall–Kier alpha value is -0.570. The van der Waals surface area contributed by atoms with Crippen LogP contribution in [0.15, 0.2) is 0 Å². The van der Waals surface area contributed by atoms with E-state index in [2.05, 4.69) is 10.6 Å². The van der Waals surface area contributed by atoms with Crippen LogP contribution in [0.4, 0.5) is 0 Å². The van der Waals surface area contributed by atoms with Gasteiger partial charge in [-0.3, -0.25) is 4.79 Å². The molecule has 0 heterocycles. The number of carbonyl (C=O) groups is 1. The fourth-order valence-corrected chi connectivity index (χ4v) is 2.11. The van der Waals surface area contributed by atoms with Crippen LogP contribution < -0.4 is 10.6 Å². The summed E-state index contributed by atoms with van der Waals surface area (Å²) >= 11 is 0. The molecule has 82 valence electrons. The zero-order chi connectivity index (χ0) is 10.2. The summed E-state index contributed by atoms with van der Waals surface area (Å²) in [7, 11) is 1.67. The maximum atomic E-state index is 10.9. The fraction of sp³-hybridized carbons (Fsp3) is 0.909. The van der Waals surface area contributed by atoms with Crippen molar-refractivity contribution in [3.8, 4) is 0 Å². The lowest BCUT2D eigenvalue weighted by Crippen LogP contribution is -2.31. The lowest BCUT2D eigenvalue weighted by atomic mass is 10.0. The molecule has 2 N–H and O–H groups in total. The van der Waals surface area contributed by atoms with Crippen LogP contribution in [0.5, 0.6) is 0 Å². The SMILES string of the molecule is CNC(=O)CNCCCC1CCCC1. The van der Waals surface area contributed by atoms with Crippen LogP contribution in [0, 0.1) is 5.92 Å². The zero-order valence-electron chi connectivity index (χ0n) is 9.14. The van der Waals surface area contributed by atoms with Crippen molar-refractivity contribution in [2.45, 2.75) is 38.5 Å². The van der Waals surface area contributed by atoms with E-state index in [0.717, 1.165) is 12.5 Å². The van der Waals surface area contributed by atoms with Gasteiger partial charge in [0, 0.05) is 7.05 Å². The van der Waals surface area contributed by atoms with Crippen molar-refractivity contribution in [2.75, 3.05) is 20.1 Å². The fourth-order valence-electron chi connectivity index (χ4n) is 2.11. The molecule has 0 aromatic rings. The maximum Gasteiger partial charge on any atom is 0.233 e. The first-order chi connectivity index (χ1) is 6.83. The summed E-state index contributed by atoms with van der Waals surface area (Å²) in [6, 6.07) is 0. The summed E-state index contributed by atoms with van der Waals surface area (Å²) in [6.45, 7) is 1.44. The molecular weight excluding hydrogens is 176 g/mol. The number of likely N-dealkylation sites (N-methyl/N-ethyl adjacent to an activating group) is 1. The van der Waals surface area contributed by atoms with Crippen molar-refractivity contribution < 1.29 is 4.79 Å². The highest BCUT2D eigenvalue weighted by atomic mass is 16.1. The second-order valence-corrected chi connectivity index (χ2v) is 4.14. The number of hydrogen-bond acceptors (Lipinski definition) is 2. The van der Waals surface area contributed by atoms with Crippen LogP contribution in [0.2, 0.25) is 0 Å². The minimum atomic E-state index is 0.0749. The largest absolute Gasteiger partial charge is 0.358 e. The molecule has 0 radical (unpaired) electrons. The molecule has 0 spiro atoms. The van der Waals surface area contributed by atoms with Gasteiger partial charge in [0.15, 0.2) is 0 Å². The Kier molecular flexibility index (Phi) is 5.60. The predicted octanol–water partition coefficient (Wildman–Crippen LogP) is 1.29. The molecule has 0 unspecified atom stereocenters. The van der Waals surface area contributed by atoms with Crippen molar-refractivity contribution in [1.29, 1.82) is 0 Å². The van der Waals surface area contributed by atoms with Gasteiger partial charge in [0.1, 0.15) is 0 Å². The molecule has 1 aliphatic rings. The molecule has 0 bridgehead atoms. The zero-order valence-corrected chi connectivity index (χ0v) is 9.14. The number of amides is 1. The van der Waals surface area contributed by atoms with E-state index in [-0.39, 0.29) is 5.91 Å². The average Bonchev–Trinajstić information content (AvgIpc) is 2.69. The summed E-state index contributed by atoms with van der Waals surface area (Å²) in [5.41, 5.74) is 0. The Bertz CT molecular complexity index is 165. The number of nitrogens with one attached hydrogen (secondary N) is 2. The van der Waals surface area contributed by atoms with E-state index >= 15 is 0 Å². The quantitative estimate of drug-likeness (QED) is 0.631. The van der Waals surface area contributed by atoms with Crippen LogP contribution in [-0.4, -0.2) is 26.0 Å². The van der Waals surface area contributed by atoms with Gasteiger partial charge in [0.2, 0.25) is 5.91 Å². The van der Waals surface area contributed by atoms with Gasteiger partial charge < -0.3 is 10.6 Å². The van der Waals surface area contributed by atoms with Crippen molar-refractivity contribution in [3.63, 3.8) is 0 Å². The maximum absolute atomic E-state index is 10.9. The highest BCUT2D eigenvalue weighted by Crippen LogP contribution is 2.28. The number of rotatable bonds is 6. The van der Waals surface area contributed by atoms with Crippen LogP contribution in [-0.2, 0) is 4.79 Å². The Morgan fingerprint density at radius 2 is 2.07 bits per heavy atom. The highest BCUT2D eigenvalue weighted by molar-refractivity contribution is 5.77. The first kappa shape index (κ1) is 11.5. The van der Waals surface area contributed by atoms with Crippen LogP contribution in [0.25, 0.3) is 0 Å². The molecule has 14 heavy (non-hydrogen) atoms. The minimum Gasteiger partial charge on any atom is -0.358 e. The van der Waals surface area contributed by atoms with Crippen molar-refractivity contribution in [3.05, 3.63) is 0 Å². The van der Waals surface area contributed by atoms with Crippen LogP contribution in [0.3, 0.4) is 0 Å². The molecule has 0 aromatic heterocycles. The molecule has 0 atom stereocenters. The van der Waals surface area contributed by atoms with E-state index in [4.69, 9.17) is 0 Å². The molecule has 1 fully saturated rings. The van der Waals surface area contributed by atoms with Gasteiger partial charge in [-0.15, -0.1) is 0 Å². The van der Waals surface area contributed by atoms with Crippen LogP contribution >= 0.6 is 0 Å². The van der Waals surface area contributed by atoms with E-state index in [9.17, 15) is 4.79 Å². The van der Waals surface area contributed by atoms with Crippen molar-refractivity contribution in [1.82, 2.24) is 10.6 Å². The molecule has 0 aliphatic heterocycles. The van der Waals surface area contributed by atoms with E-state index in [1.807, 2.05) is 0 Å². The van der Waals surface area contributed by atoms with E-state index in [0.29, 0.717) is 6.54 Å². The summed E-state index contributed by atoms with van der Waals surface area (Å²) < 4.78 is 0. The van der Waals surface area contributed by atoms with Gasteiger partial charge in [0.25, 0.3) is 0 Å². The summed E-state index contributed by atoms with van der Waals surface area (Å²) in [4.78, 5) is 10.9. The monoisotopic (exact) mass is 198 g/mol. The second kappa shape index (κ2) is 6.82. The van der Waals surface area contributed by atoms with Crippen molar-refractivity contribution >= 4 is 5.91 Å². The molecule has 1 rings (SSSR count). The third-order valence-electron chi connectivity index (χ3n) is 3.01. The minimum absolute atomic E-state index is 0.0749. The first-order valence-corrected chi connectivity index (χ1v) is 5.74. The van der Waals surface area contributed by atoms with Crippen LogP contribution in [0.1, 0.15) is 38.5 Å². The Balaban J connectivity index is 1.86. The number of carbonyl (C=O) groups excluding carboxylic acids is 1. The normalized spacial score (nSPS) is 17.2. The van der Waals surface area contributed by atoms with Gasteiger partial charge in [-0.05, 0) is 25.3 Å². The molecular formula is C11H22N2O. The number of hydrogen-bond donors (Lipinski definition) is 2.